The molecule has 1 heteroatoms. The Morgan fingerprint density at radius 2 is 2.45 bits per heavy atom. The summed E-state index contributed by atoms with van der Waals surface area (Å²) < 4.78 is 0. The lowest BCUT2D eigenvalue weighted by Gasteiger charge is -2.25. The van der Waals surface area contributed by atoms with Gasteiger partial charge in [0.15, 0.2) is 0 Å². The van der Waals surface area contributed by atoms with Gasteiger partial charge in [-0.25, -0.2) is 0 Å². The number of allylic oxidation sites excluding steroid dienone is 2. The molecular weight excluding hydrogens is 134 g/mol. The fourth-order valence-corrected chi connectivity index (χ4v) is 1.62. The smallest absolute Gasteiger partial charge is 0.0357 e. The average Bonchev–Trinajstić information content (AvgIpc) is 2.04. The predicted molar refractivity (Wildman–Crippen MR) is 47.4 cm³/mol. The van der Waals surface area contributed by atoms with Crippen LogP contribution < -0.4 is 5.32 Å². The highest BCUT2D eigenvalue weighted by molar-refractivity contribution is 5.37. The van der Waals surface area contributed by atoms with Gasteiger partial charge in [0.1, 0.15) is 0 Å². The lowest BCUT2D eigenvalue weighted by atomic mass is 9.94. The molecule has 0 amide bonds. The molecule has 0 aromatic carbocycles. The third-order valence-electron chi connectivity index (χ3n) is 2.24. The Hall–Kier alpha value is -0.820. The monoisotopic (exact) mass is 147 g/mol. The Morgan fingerprint density at radius 3 is 3.36 bits per heavy atom. The second-order valence-corrected chi connectivity index (χ2v) is 3.25. The van der Waals surface area contributed by atoms with E-state index in [-0.39, 0.29) is 0 Å². The summed E-state index contributed by atoms with van der Waals surface area (Å²) in [7, 11) is 0. The van der Waals surface area contributed by atoms with Crippen molar-refractivity contribution in [3.63, 3.8) is 0 Å². The minimum atomic E-state index is 0.587. The van der Waals surface area contributed by atoms with Gasteiger partial charge in [-0.05, 0) is 18.9 Å². The van der Waals surface area contributed by atoms with E-state index in [2.05, 4.69) is 36.5 Å². The van der Waals surface area contributed by atoms with E-state index in [9.17, 15) is 0 Å². The maximum absolute atomic E-state index is 3.48. The van der Waals surface area contributed by atoms with Crippen LogP contribution in [0, 0.1) is 0 Å². The maximum Gasteiger partial charge on any atom is 0.0357 e. The molecule has 1 heterocycles. The second kappa shape index (κ2) is 2.67. The van der Waals surface area contributed by atoms with Crippen LogP contribution in [0.15, 0.2) is 35.5 Å². The lowest BCUT2D eigenvalue weighted by molar-refractivity contribution is 0.591. The lowest BCUT2D eigenvalue weighted by Crippen LogP contribution is -2.35. The number of fused-ring (bicyclic) bond motifs is 1. The normalized spacial score (nSPS) is 29.0. The quantitative estimate of drug-likeness (QED) is 0.551. The van der Waals surface area contributed by atoms with Gasteiger partial charge in [-0.2, -0.15) is 0 Å². The Morgan fingerprint density at radius 1 is 1.55 bits per heavy atom. The van der Waals surface area contributed by atoms with Crippen molar-refractivity contribution in [3.8, 4) is 0 Å². The van der Waals surface area contributed by atoms with Gasteiger partial charge in [-0.15, -0.1) is 0 Å². The summed E-state index contributed by atoms with van der Waals surface area (Å²) in [5, 5.41) is 3.48. The molecule has 0 fully saturated rings. The molecule has 1 aliphatic heterocycles. The summed E-state index contributed by atoms with van der Waals surface area (Å²) in [5.41, 5.74) is 2.87. The van der Waals surface area contributed by atoms with Gasteiger partial charge in [-0.1, -0.05) is 29.9 Å². The Kier molecular flexibility index (Phi) is 1.66. The van der Waals surface area contributed by atoms with Crippen LogP contribution in [0.3, 0.4) is 0 Å². The number of rotatable bonds is 0. The zero-order valence-corrected chi connectivity index (χ0v) is 6.80. The van der Waals surface area contributed by atoms with Crippen LogP contribution in [0.1, 0.15) is 13.3 Å². The second-order valence-electron chi connectivity index (χ2n) is 3.25. The first-order valence-electron chi connectivity index (χ1n) is 4.13. The van der Waals surface area contributed by atoms with E-state index in [1.54, 1.807) is 0 Å². The van der Waals surface area contributed by atoms with Crippen LogP contribution in [0.5, 0.6) is 0 Å². The van der Waals surface area contributed by atoms with E-state index in [0.29, 0.717) is 6.04 Å². The zero-order chi connectivity index (χ0) is 7.68. The van der Waals surface area contributed by atoms with Gasteiger partial charge >= 0.3 is 0 Å². The van der Waals surface area contributed by atoms with Crippen molar-refractivity contribution < 1.29 is 0 Å². The van der Waals surface area contributed by atoms with Gasteiger partial charge in [-0.3, -0.25) is 0 Å². The summed E-state index contributed by atoms with van der Waals surface area (Å²) >= 11 is 0. The van der Waals surface area contributed by atoms with Crippen molar-refractivity contribution in [2.24, 2.45) is 0 Å². The Balaban J connectivity index is 2.29. The molecule has 2 aliphatic rings. The van der Waals surface area contributed by atoms with Crippen molar-refractivity contribution in [2.75, 3.05) is 6.54 Å². The summed E-state index contributed by atoms with van der Waals surface area (Å²) in [6.45, 7) is 3.22. The average molecular weight is 147 g/mol. The molecule has 11 heavy (non-hydrogen) atoms. The largest absolute Gasteiger partial charge is 0.306 e. The van der Waals surface area contributed by atoms with Crippen LogP contribution >= 0.6 is 0 Å². The van der Waals surface area contributed by atoms with Crippen molar-refractivity contribution >= 4 is 0 Å². The minimum Gasteiger partial charge on any atom is -0.306 e. The molecule has 1 unspecified atom stereocenters. The summed E-state index contributed by atoms with van der Waals surface area (Å²) in [4.78, 5) is 0. The molecule has 1 N–H and O–H groups in total. The molecule has 2 rings (SSSR count). The first-order valence-corrected chi connectivity index (χ1v) is 4.13. The molecule has 1 nitrogen and oxygen atoms in total. The highest BCUT2D eigenvalue weighted by Gasteiger charge is 2.16. The molecule has 0 bridgehead atoms. The minimum absolute atomic E-state index is 0.587. The first kappa shape index (κ1) is 6.86. The van der Waals surface area contributed by atoms with Crippen molar-refractivity contribution in [1.29, 1.82) is 0 Å². The molecule has 58 valence electrons. The van der Waals surface area contributed by atoms with Gasteiger partial charge < -0.3 is 5.32 Å². The van der Waals surface area contributed by atoms with Crippen LogP contribution in [0.25, 0.3) is 0 Å². The molecule has 1 atom stereocenters. The van der Waals surface area contributed by atoms with Crippen LogP contribution in [0.2, 0.25) is 0 Å². The fourth-order valence-electron chi connectivity index (χ4n) is 1.62. The number of hydrogen-bond donors (Lipinski definition) is 1. The molecular formula is C10H13N. The van der Waals surface area contributed by atoms with E-state index in [1.165, 1.54) is 11.1 Å². The molecule has 0 aromatic heterocycles. The molecule has 0 spiro atoms. The maximum atomic E-state index is 3.48. The highest BCUT2D eigenvalue weighted by atomic mass is 14.9. The van der Waals surface area contributed by atoms with Crippen molar-refractivity contribution in [3.05, 3.63) is 35.5 Å². The van der Waals surface area contributed by atoms with E-state index in [4.69, 9.17) is 0 Å². The third-order valence-corrected chi connectivity index (χ3v) is 2.24. The molecule has 0 aromatic rings. The van der Waals surface area contributed by atoms with Crippen LogP contribution in [-0.2, 0) is 0 Å². The molecule has 0 saturated carbocycles. The first-order chi connectivity index (χ1) is 5.36. The highest BCUT2D eigenvalue weighted by Crippen LogP contribution is 2.19. The van der Waals surface area contributed by atoms with Crippen molar-refractivity contribution in [1.82, 2.24) is 5.32 Å². The SMILES string of the molecule is CC1=CC2=CC=CCC2NC1. The summed E-state index contributed by atoms with van der Waals surface area (Å²) in [5.74, 6) is 0. The van der Waals surface area contributed by atoms with E-state index >= 15 is 0 Å². The molecule has 0 saturated heterocycles. The van der Waals surface area contributed by atoms with Gasteiger partial charge in [0, 0.05) is 12.6 Å². The van der Waals surface area contributed by atoms with Crippen molar-refractivity contribution in [2.45, 2.75) is 19.4 Å². The Labute approximate surface area is 67.5 Å². The fraction of sp³-hybridized carbons (Fsp3) is 0.400. The van der Waals surface area contributed by atoms with Gasteiger partial charge in [0.25, 0.3) is 0 Å². The topological polar surface area (TPSA) is 12.0 Å². The summed E-state index contributed by atoms with van der Waals surface area (Å²) in [6, 6.07) is 0.587. The van der Waals surface area contributed by atoms with Gasteiger partial charge in [0.2, 0.25) is 0 Å². The predicted octanol–water partition coefficient (Wildman–Crippen LogP) is 1.79. The Bertz CT molecular complexity index is 243. The van der Waals surface area contributed by atoms with Gasteiger partial charge in [0.05, 0.1) is 0 Å². The van der Waals surface area contributed by atoms with E-state index in [0.717, 1.165) is 13.0 Å². The number of nitrogens with one attached hydrogen (secondary N) is 1. The molecule has 1 aliphatic carbocycles. The number of hydrogen-bond acceptors (Lipinski definition) is 1. The standard InChI is InChI=1S/C10H13N/c1-8-6-9-4-2-3-5-10(9)11-7-8/h2-4,6,10-11H,5,7H2,1H3. The summed E-state index contributed by atoms with van der Waals surface area (Å²) in [6.07, 6.45) is 10.0. The zero-order valence-electron chi connectivity index (χ0n) is 6.80. The third kappa shape index (κ3) is 1.29. The van der Waals surface area contributed by atoms with E-state index < -0.39 is 0 Å². The van der Waals surface area contributed by atoms with Crippen LogP contribution in [-0.4, -0.2) is 12.6 Å². The molecule has 0 radical (unpaired) electrons. The van der Waals surface area contributed by atoms with Crippen LogP contribution in [0.4, 0.5) is 0 Å². The van der Waals surface area contributed by atoms with E-state index in [1.807, 2.05) is 0 Å².